The average Bonchev–Trinajstić information content (AvgIpc) is 2.51. The van der Waals surface area contributed by atoms with Gasteiger partial charge in [-0.25, -0.2) is 0 Å². The minimum atomic E-state index is -1.96. The molecule has 0 radical (unpaired) electrons. The molecule has 5 heteroatoms. The van der Waals surface area contributed by atoms with Crippen molar-refractivity contribution in [1.29, 1.82) is 0 Å². The van der Waals surface area contributed by atoms with Crippen molar-refractivity contribution in [1.82, 2.24) is 0 Å². The predicted octanol–water partition coefficient (Wildman–Crippen LogP) is 9.24. The van der Waals surface area contributed by atoms with E-state index in [4.69, 9.17) is 8.23 Å². The van der Waals surface area contributed by atoms with E-state index in [1.54, 1.807) is 0 Å². The molecule has 0 amide bonds. The van der Waals surface area contributed by atoms with E-state index in [0.717, 1.165) is 0 Å². The summed E-state index contributed by atoms with van der Waals surface area (Å²) in [4.78, 5) is 0. The lowest BCUT2D eigenvalue weighted by atomic mass is 10.0. The lowest BCUT2D eigenvalue weighted by molar-refractivity contribution is 0.390. The first-order valence-electron chi connectivity index (χ1n) is 12.4. The predicted molar refractivity (Wildman–Crippen MR) is 136 cm³/mol. The molecule has 0 aliphatic rings. The van der Waals surface area contributed by atoms with E-state index >= 15 is 0 Å². The van der Waals surface area contributed by atoms with Gasteiger partial charge in [0.25, 0.3) is 0 Å². The molecule has 0 unspecified atom stereocenters. The van der Waals surface area contributed by atoms with Gasteiger partial charge in [-0.1, -0.05) is 96.8 Å². The van der Waals surface area contributed by atoms with Crippen molar-refractivity contribution in [2.45, 2.75) is 149 Å². The van der Waals surface area contributed by atoms with Crippen LogP contribution in [0.5, 0.6) is 0 Å². The van der Waals surface area contributed by atoms with Gasteiger partial charge in [0.05, 0.1) is 0 Å². The SMILES string of the molecule is CCCCCCCCCCCCCCCC[Si](C)(C)O[Si](C)(C)O[Si](C)(C)C. The summed E-state index contributed by atoms with van der Waals surface area (Å²) in [5.74, 6) is 0. The topological polar surface area (TPSA) is 18.5 Å². The molecule has 0 aliphatic heterocycles. The van der Waals surface area contributed by atoms with Crippen LogP contribution >= 0.6 is 0 Å². The lowest BCUT2D eigenvalue weighted by Gasteiger charge is -2.37. The summed E-state index contributed by atoms with van der Waals surface area (Å²) in [5.41, 5.74) is 0. The molecule has 0 heterocycles. The van der Waals surface area contributed by atoms with Gasteiger partial charge in [0.1, 0.15) is 0 Å². The van der Waals surface area contributed by atoms with Crippen LogP contribution in [-0.2, 0) is 8.23 Å². The van der Waals surface area contributed by atoms with E-state index in [2.05, 4.69) is 52.8 Å². The van der Waals surface area contributed by atoms with E-state index in [-0.39, 0.29) is 0 Å². The van der Waals surface area contributed by atoms with Crippen molar-refractivity contribution in [3.8, 4) is 0 Å². The molecule has 0 N–H and O–H groups in total. The van der Waals surface area contributed by atoms with Gasteiger partial charge in [0.15, 0.2) is 16.6 Å². The Bertz CT molecular complexity index is 365. The Morgan fingerprint density at radius 2 is 0.821 bits per heavy atom. The molecule has 0 aliphatic carbocycles. The molecule has 0 saturated heterocycles. The van der Waals surface area contributed by atoms with Gasteiger partial charge in [-0.3, -0.25) is 0 Å². The molecule has 0 spiro atoms. The molecule has 0 aromatic carbocycles. The smallest absolute Gasteiger partial charge is 0.311 e. The van der Waals surface area contributed by atoms with Gasteiger partial charge in [0, 0.05) is 0 Å². The van der Waals surface area contributed by atoms with Crippen molar-refractivity contribution >= 4 is 25.2 Å². The average molecular weight is 447 g/mol. The fraction of sp³-hybridized carbons (Fsp3) is 1.00. The lowest BCUT2D eigenvalue weighted by Crippen LogP contribution is -2.51. The highest BCUT2D eigenvalue weighted by molar-refractivity contribution is 6.87. The largest absolute Gasteiger partial charge is 0.437 e. The first-order valence-corrected chi connectivity index (χ1v) is 21.7. The Morgan fingerprint density at radius 1 is 0.464 bits per heavy atom. The maximum Gasteiger partial charge on any atom is 0.311 e. The minimum Gasteiger partial charge on any atom is -0.437 e. The highest BCUT2D eigenvalue weighted by Gasteiger charge is 2.37. The van der Waals surface area contributed by atoms with Crippen molar-refractivity contribution in [2.24, 2.45) is 0 Å². The summed E-state index contributed by atoms with van der Waals surface area (Å²) in [6, 6.07) is 1.29. The summed E-state index contributed by atoms with van der Waals surface area (Å²) in [7, 11) is -5.05. The fourth-order valence-corrected chi connectivity index (χ4v) is 17.5. The quantitative estimate of drug-likeness (QED) is 0.145. The standard InChI is InChI=1S/C23H54O2Si3/c1-9-10-11-12-13-14-15-16-17-18-19-20-21-22-23-27(5,6)25-28(7,8)24-26(2,3)4/h9-23H2,1-8H3. The number of hydrogen-bond acceptors (Lipinski definition) is 2. The first kappa shape index (κ1) is 28.6. The number of unbranched alkanes of at least 4 members (excludes halogenated alkanes) is 13. The molecule has 0 rings (SSSR count). The van der Waals surface area contributed by atoms with Crippen LogP contribution in [0.3, 0.4) is 0 Å². The summed E-state index contributed by atoms with van der Waals surface area (Å²) < 4.78 is 13.0. The first-order chi connectivity index (χ1) is 13.0. The monoisotopic (exact) mass is 446 g/mol. The van der Waals surface area contributed by atoms with Gasteiger partial charge >= 0.3 is 8.56 Å². The van der Waals surface area contributed by atoms with Gasteiger partial charge < -0.3 is 8.23 Å². The van der Waals surface area contributed by atoms with Crippen LogP contribution in [0, 0.1) is 0 Å². The van der Waals surface area contributed by atoms with Crippen LogP contribution in [0.1, 0.15) is 96.8 Å². The van der Waals surface area contributed by atoms with Crippen LogP contribution < -0.4 is 0 Å². The summed E-state index contributed by atoms with van der Waals surface area (Å²) in [5, 5.41) is 0. The zero-order chi connectivity index (χ0) is 21.5. The minimum absolute atomic E-state index is 1.29. The van der Waals surface area contributed by atoms with E-state index in [0.29, 0.717) is 0 Å². The van der Waals surface area contributed by atoms with E-state index in [1.165, 1.54) is 95.9 Å². The van der Waals surface area contributed by atoms with Crippen LogP contribution in [-0.4, -0.2) is 25.2 Å². The third-order valence-corrected chi connectivity index (χ3v) is 15.4. The van der Waals surface area contributed by atoms with Crippen molar-refractivity contribution in [3.63, 3.8) is 0 Å². The second-order valence-corrected chi connectivity index (χ2v) is 23.5. The third-order valence-electron chi connectivity index (χ3n) is 5.21. The molecule has 0 aromatic heterocycles. The number of rotatable bonds is 19. The Kier molecular flexibility index (Phi) is 15.7. The highest BCUT2D eigenvalue weighted by atomic mass is 28.5. The zero-order valence-electron chi connectivity index (χ0n) is 20.9. The van der Waals surface area contributed by atoms with Crippen LogP contribution in [0.25, 0.3) is 0 Å². The van der Waals surface area contributed by atoms with Gasteiger partial charge in [0.2, 0.25) is 0 Å². The van der Waals surface area contributed by atoms with Crippen LogP contribution in [0.15, 0.2) is 0 Å². The normalized spacial score (nSPS) is 13.3. The molecule has 0 atom stereocenters. The van der Waals surface area contributed by atoms with E-state index < -0.39 is 25.2 Å². The van der Waals surface area contributed by atoms with Crippen molar-refractivity contribution in [2.75, 3.05) is 0 Å². The maximum atomic E-state index is 6.61. The van der Waals surface area contributed by atoms with Crippen molar-refractivity contribution in [3.05, 3.63) is 0 Å². The highest BCUT2D eigenvalue weighted by Crippen LogP contribution is 2.25. The Morgan fingerprint density at radius 3 is 1.18 bits per heavy atom. The molecule has 28 heavy (non-hydrogen) atoms. The second-order valence-electron chi connectivity index (χ2n) is 10.8. The maximum absolute atomic E-state index is 6.61. The van der Waals surface area contributed by atoms with Crippen molar-refractivity contribution < 1.29 is 8.23 Å². The van der Waals surface area contributed by atoms with Gasteiger partial charge in [-0.2, -0.15) is 0 Å². The van der Waals surface area contributed by atoms with E-state index in [1.807, 2.05) is 0 Å². The Labute approximate surface area is 182 Å². The van der Waals surface area contributed by atoms with Gasteiger partial charge in [-0.15, -0.1) is 0 Å². The molecule has 0 aromatic rings. The molecule has 170 valence electrons. The summed E-state index contributed by atoms with van der Waals surface area (Å²) >= 11 is 0. The Balaban J connectivity index is 3.59. The van der Waals surface area contributed by atoms with E-state index in [9.17, 15) is 0 Å². The molecule has 0 fully saturated rings. The Hall–Kier alpha value is 0.571. The van der Waals surface area contributed by atoms with Gasteiger partial charge in [-0.05, 0) is 51.9 Å². The zero-order valence-corrected chi connectivity index (χ0v) is 23.9. The molecule has 2 nitrogen and oxygen atoms in total. The molecular weight excluding hydrogens is 393 g/mol. The molecular formula is C23H54O2Si3. The fourth-order valence-electron chi connectivity index (χ4n) is 4.22. The molecule has 0 bridgehead atoms. The summed E-state index contributed by atoms with van der Waals surface area (Å²) in [6.07, 6.45) is 20.0. The van der Waals surface area contributed by atoms with Crippen LogP contribution in [0.4, 0.5) is 0 Å². The van der Waals surface area contributed by atoms with Crippen LogP contribution in [0.2, 0.25) is 51.9 Å². The second kappa shape index (κ2) is 15.4. The summed E-state index contributed by atoms with van der Waals surface area (Å²) in [6.45, 7) is 18.4. The third kappa shape index (κ3) is 19.9. The molecule has 0 saturated carbocycles. The number of hydrogen-bond donors (Lipinski definition) is 0.